The Kier molecular flexibility index (Phi) is 6.07. The van der Waals surface area contributed by atoms with E-state index in [1.54, 1.807) is 7.11 Å². The van der Waals surface area contributed by atoms with Crippen LogP contribution in [0.5, 0.6) is 5.75 Å². The first-order valence-electron chi connectivity index (χ1n) is 8.71. The lowest BCUT2D eigenvalue weighted by Crippen LogP contribution is -2.20. The van der Waals surface area contributed by atoms with Gasteiger partial charge in [0.05, 0.1) is 7.11 Å². The fourth-order valence-corrected chi connectivity index (χ4v) is 2.91. The summed E-state index contributed by atoms with van der Waals surface area (Å²) in [6.45, 7) is 0.0290. The minimum atomic E-state index is -0.336. The molecule has 3 aromatic rings. The summed E-state index contributed by atoms with van der Waals surface area (Å²) in [6.07, 6.45) is 0.486. The van der Waals surface area contributed by atoms with Crippen LogP contribution in [0.2, 0.25) is 0 Å². The van der Waals surface area contributed by atoms with Crippen LogP contribution in [0, 0.1) is 0 Å². The lowest BCUT2D eigenvalue weighted by molar-refractivity contribution is 0.262. The fraction of sp³-hybridized carbons (Fsp3) is 0.136. The number of aliphatic hydroxyl groups is 1. The molecular formula is C22H22N2O3. The van der Waals surface area contributed by atoms with Crippen molar-refractivity contribution in [2.45, 2.75) is 6.42 Å². The Hall–Kier alpha value is -3.31. The molecule has 5 heteroatoms. The van der Waals surface area contributed by atoms with E-state index in [1.807, 2.05) is 72.8 Å². The molecule has 0 radical (unpaired) electrons. The largest absolute Gasteiger partial charge is 0.496 e. The second-order valence-electron chi connectivity index (χ2n) is 5.99. The van der Waals surface area contributed by atoms with Gasteiger partial charge in [0.2, 0.25) is 0 Å². The number of hydrogen-bond acceptors (Lipinski definition) is 3. The lowest BCUT2D eigenvalue weighted by atomic mass is 10.0. The van der Waals surface area contributed by atoms with E-state index in [0.29, 0.717) is 17.8 Å². The summed E-state index contributed by atoms with van der Waals surface area (Å²) >= 11 is 0. The van der Waals surface area contributed by atoms with Gasteiger partial charge in [-0.25, -0.2) is 4.79 Å². The molecule has 138 valence electrons. The molecule has 0 saturated heterocycles. The van der Waals surface area contributed by atoms with E-state index in [1.165, 1.54) is 0 Å². The van der Waals surface area contributed by atoms with Gasteiger partial charge in [0.25, 0.3) is 0 Å². The molecule has 27 heavy (non-hydrogen) atoms. The van der Waals surface area contributed by atoms with Gasteiger partial charge in [-0.05, 0) is 41.8 Å². The minimum absolute atomic E-state index is 0.0290. The van der Waals surface area contributed by atoms with Crippen LogP contribution in [0.15, 0.2) is 72.8 Å². The van der Waals surface area contributed by atoms with E-state index in [-0.39, 0.29) is 12.6 Å². The SMILES string of the molecule is COc1ccccc1-c1cccc(NC(=O)Nc2ccccc2CCO)c1. The topological polar surface area (TPSA) is 70.6 Å². The van der Waals surface area contributed by atoms with Crippen molar-refractivity contribution in [2.24, 2.45) is 0 Å². The number of hydrogen-bond donors (Lipinski definition) is 3. The molecule has 0 atom stereocenters. The highest BCUT2D eigenvalue weighted by Crippen LogP contribution is 2.31. The molecule has 0 saturated carbocycles. The number of benzene rings is 3. The first kappa shape index (κ1) is 18.5. The third-order valence-corrected chi connectivity index (χ3v) is 4.19. The van der Waals surface area contributed by atoms with Gasteiger partial charge in [-0.1, -0.05) is 48.5 Å². The highest BCUT2D eigenvalue weighted by molar-refractivity contribution is 6.00. The fourth-order valence-electron chi connectivity index (χ4n) is 2.91. The van der Waals surface area contributed by atoms with Crippen LogP contribution in [0.25, 0.3) is 11.1 Å². The molecule has 0 spiro atoms. The van der Waals surface area contributed by atoms with Crippen molar-refractivity contribution in [2.75, 3.05) is 24.4 Å². The standard InChI is InChI=1S/C22H22N2O3/c1-27-21-12-5-3-10-19(21)17-8-6-9-18(15-17)23-22(26)24-20-11-4-2-7-16(20)13-14-25/h2-12,15,25H,13-14H2,1H3,(H2,23,24,26). The number of nitrogens with one attached hydrogen (secondary N) is 2. The number of carbonyl (C=O) groups excluding carboxylic acids is 1. The Balaban J connectivity index is 1.76. The van der Waals surface area contributed by atoms with Gasteiger partial charge in [-0.3, -0.25) is 0 Å². The quantitative estimate of drug-likeness (QED) is 0.603. The smallest absolute Gasteiger partial charge is 0.323 e. The molecule has 0 aliphatic heterocycles. The van der Waals surface area contributed by atoms with Crippen molar-refractivity contribution in [1.29, 1.82) is 0 Å². The molecule has 3 rings (SSSR count). The number of aliphatic hydroxyl groups excluding tert-OH is 1. The van der Waals surface area contributed by atoms with Crippen LogP contribution < -0.4 is 15.4 Å². The Morgan fingerprint density at radius 1 is 0.963 bits per heavy atom. The van der Waals surface area contributed by atoms with Crippen molar-refractivity contribution in [3.63, 3.8) is 0 Å². The van der Waals surface area contributed by atoms with E-state index in [0.717, 1.165) is 22.4 Å². The van der Waals surface area contributed by atoms with Crippen LogP contribution in [0.4, 0.5) is 16.2 Å². The molecule has 0 aliphatic carbocycles. The third kappa shape index (κ3) is 4.65. The molecule has 3 N–H and O–H groups in total. The third-order valence-electron chi connectivity index (χ3n) is 4.19. The number of urea groups is 1. The maximum atomic E-state index is 12.4. The number of rotatable bonds is 6. The predicted molar refractivity (Wildman–Crippen MR) is 108 cm³/mol. The Morgan fingerprint density at radius 3 is 2.56 bits per heavy atom. The number of carbonyl (C=O) groups is 1. The lowest BCUT2D eigenvalue weighted by Gasteiger charge is -2.13. The molecule has 3 aromatic carbocycles. The molecule has 0 unspecified atom stereocenters. The highest BCUT2D eigenvalue weighted by atomic mass is 16.5. The Labute approximate surface area is 158 Å². The minimum Gasteiger partial charge on any atom is -0.496 e. The number of para-hydroxylation sites is 2. The van der Waals surface area contributed by atoms with E-state index < -0.39 is 0 Å². The maximum Gasteiger partial charge on any atom is 0.323 e. The Morgan fingerprint density at radius 2 is 1.74 bits per heavy atom. The molecule has 5 nitrogen and oxygen atoms in total. The van der Waals surface area contributed by atoms with Gasteiger partial charge >= 0.3 is 6.03 Å². The summed E-state index contributed by atoms with van der Waals surface area (Å²) in [7, 11) is 1.64. The molecule has 2 amide bonds. The summed E-state index contributed by atoms with van der Waals surface area (Å²) in [4.78, 5) is 12.4. The van der Waals surface area contributed by atoms with E-state index >= 15 is 0 Å². The summed E-state index contributed by atoms with van der Waals surface area (Å²) < 4.78 is 5.42. The van der Waals surface area contributed by atoms with Crippen molar-refractivity contribution in [3.8, 4) is 16.9 Å². The van der Waals surface area contributed by atoms with Crippen molar-refractivity contribution in [3.05, 3.63) is 78.4 Å². The number of ether oxygens (including phenoxy) is 1. The van der Waals surface area contributed by atoms with Gasteiger partial charge in [-0.15, -0.1) is 0 Å². The summed E-state index contributed by atoms with van der Waals surface area (Å²) in [5.74, 6) is 0.775. The highest BCUT2D eigenvalue weighted by Gasteiger charge is 2.09. The molecule has 0 aliphatic rings. The van der Waals surface area contributed by atoms with Gasteiger partial charge in [0.1, 0.15) is 5.75 Å². The molecule has 0 fully saturated rings. The van der Waals surface area contributed by atoms with Crippen LogP contribution in [-0.2, 0) is 6.42 Å². The zero-order valence-corrected chi connectivity index (χ0v) is 15.1. The summed E-state index contributed by atoms with van der Waals surface area (Å²) in [5.41, 5.74) is 4.15. The van der Waals surface area contributed by atoms with Crippen LogP contribution in [0.3, 0.4) is 0 Å². The number of methoxy groups -OCH3 is 1. The second-order valence-corrected chi connectivity index (χ2v) is 5.99. The van der Waals surface area contributed by atoms with Crippen molar-refractivity contribution < 1.29 is 14.6 Å². The van der Waals surface area contributed by atoms with Crippen LogP contribution >= 0.6 is 0 Å². The molecular weight excluding hydrogens is 340 g/mol. The maximum absolute atomic E-state index is 12.4. The van der Waals surface area contributed by atoms with Gasteiger partial charge in [0.15, 0.2) is 0 Å². The predicted octanol–water partition coefficient (Wildman–Crippen LogP) is 4.54. The monoisotopic (exact) mass is 362 g/mol. The zero-order valence-electron chi connectivity index (χ0n) is 15.1. The van der Waals surface area contributed by atoms with Gasteiger partial charge in [0, 0.05) is 23.5 Å². The van der Waals surface area contributed by atoms with E-state index in [4.69, 9.17) is 9.84 Å². The first-order chi connectivity index (χ1) is 13.2. The van der Waals surface area contributed by atoms with E-state index in [9.17, 15) is 4.79 Å². The van der Waals surface area contributed by atoms with E-state index in [2.05, 4.69) is 10.6 Å². The Bertz CT molecular complexity index is 925. The van der Waals surface area contributed by atoms with Crippen molar-refractivity contribution in [1.82, 2.24) is 0 Å². The zero-order chi connectivity index (χ0) is 19.1. The van der Waals surface area contributed by atoms with Gasteiger partial charge in [-0.2, -0.15) is 0 Å². The molecule has 0 heterocycles. The molecule has 0 aromatic heterocycles. The first-order valence-corrected chi connectivity index (χ1v) is 8.71. The molecule has 0 bridgehead atoms. The summed E-state index contributed by atoms with van der Waals surface area (Å²) in [5, 5.41) is 14.9. The average molecular weight is 362 g/mol. The van der Waals surface area contributed by atoms with Crippen LogP contribution in [-0.4, -0.2) is 24.9 Å². The number of anilines is 2. The van der Waals surface area contributed by atoms with Crippen LogP contribution in [0.1, 0.15) is 5.56 Å². The summed E-state index contributed by atoms with van der Waals surface area (Å²) in [6, 6.07) is 22.4. The van der Waals surface area contributed by atoms with Crippen molar-refractivity contribution >= 4 is 17.4 Å². The average Bonchev–Trinajstić information content (AvgIpc) is 2.70. The van der Waals surface area contributed by atoms with Gasteiger partial charge < -0.3 is 20.5 Å². The second kappa shape index (κ2) is 8.87. The normalized spacial score (nSPS) is 10.3. The number of amides is 2.